The molecule has 0 saturated heterocycles. The van der Waals surface area contributed by atoms with Gasteiger partial charge in [0.05, 0.1) is 5.54 Å². The van der Waals surface area contributed by atoms with Gasteiger partial charge in [-0.15, -0.1) is 6.58 Å². The van der Waals surface area contributed by atoms with E-state index < -0.39 is 5.54 Å². The molecule has 0 heterocycles. The van der Waals surface area contributed by atoms with Crippen LogP contribution in [0.15, 0.2) is 12.7 Å². The minimum absolute atomic E-state index is 0.613. The van der Waals surface area contributed by atoms with Gasteiger partial charge in [0, 0.05) is 0 Å². The smallest absolute Gasteiger partial charge is 0.139 e. The van der Waals surface area contributed by atoms with E-state index in [2.05, 4.69) is 6.58 Å². The maximum Gasteiger partial charge on any atom is 0.139 e. The van der Waals surface area contributed by atoms with Crippen molar-refractivity contribution in [1.29, 1.82) is 0 Å². The summed E-state index contributed by atoms with van der Waals surface area (Å²) < 4.78 is 0. The molecule has 0 aromatic rings. The highest BCUT2D eigenvalue weighted by Gasteiger charge is 2.15. The van der Waals surface area contributed by atoms with Gasteiger partial charge in [-0.05, 0) is 26.2 Å². The second-order valence-electron chi connectivity index (χ2n) is 3.87. The summed E-state index contributed by atoms with van der Waals surface area (Å²) in [5, 5.41) is 0. The highest BCUT2D eigenvalue weighted by atomic mass is 16.1. The lowest BCUT2D eigenvalue weighted by Gasteiger charge is -2.15. The van der Waals surface area contributed by atoms with Gasteiger partial charge in [-0.25, -0.2) is 0 Å². The van der Waals surface area contributed by atoms with Gasteiger partial charge in [0.2, 0.25) is 0 Å². The van der Waals surface area contributed by atoms with Crippen LogP contribution in [0.3, 0.4) is 0 Å². The van der Waals surface area contributed by atoms with E-state index in [0.717, 1.165) is 32.0 Å². The molecule has 0 aromatic carbocycles. The van der Waals surface area contributed by atoms with Crippen LogP contribution in [0.4, 0.5) is 0 Å². The molecule has 76 valence electrons. The Labute approximate surface area is 81.2 Å². The van der Waals surface area contributed by atoms with Gasteiger partial charge in [0.1, 0.15) is 6.29 Å². The van der Waals surface area contributed by atoms with Crippen LogP contribution in [0, 0.1) is 0 Å². The molecule has 2 N–H and O–H groups in total. The maximum absolute atomic E-state index is 10.5. The molecule has 2 nitrogen and oxygen atoms in total. The lowest BCUT2D eigenvalue weighted by Crippen LogP contribution is -2.37. The number of carbonyl (C=O) groups is 1. The topological polar surface area (TPSA) is 43.1 Å². The second-order valence-corrected chi connectivity index (χ2v) is 3.87. The molecule has 0 bridgehead atoms. The normalized spacial score (nSPS) is 14.9. The molecule has 0 spiro atoms. The van der Waals surface area contributed by atoms with Gasteiger partial charge < -0.3 is 10.5 Å². The van der Waals surface area contributed by atoms with Crippen molar-refractivity contribution >= 4 is 6.29 Å². The van der Waals surface area contributed by atoms with Crippen LogP contribution in [-0.4, -0.2) is 11.8 Å². The van der Waals surface area contributed by atoms with Gasteiger partial charge >= 0.3 is 0 Å². The molecule has 13 heavy (non-hydrogen) atoms. The van der Waals surface area contributed by atoms with Crippen LogP contribution in [0.1, 0.15) is 45.4 Å². The summed E-state index contributed by atoms with van der Waals surface area (Å²) in [6, 6.07) is 0. The van der Waals surface area contributed by atoms with Crippen LogP contribution in [0.5, 0.6) is 0 Å². The van der Waals surface area contributed by atoms with E-state index in [0.29, 0.717) is 0 Å². The number of unbranched alkanes of at least 4 members (excludes halogenated alkanes) is 4. The lowest BCUT2D eigenvalue weighted by atomic mass is 9.97. The summed E-state index contributed by atoms with van der Waals surface area (Å²) in [4.78, 5) is 10.5. The zero-order valence-corrected chi connectivity index (χ0v) is 8.59. The maximum atomic E-state index is 10.5. The molecule has 0 unspecified atom stereocenters. The van der Waals surface area contributed by atoms with Crippen molar-refractivity contribution in [2.45, 2.75) is 51.0 Å². The average Bonchev–Trinajstić information content (AvgIpc) is 2.11. The fourth-order valence-electron chi connectivity index (χ4n) is 1.21. The number of hydrogen-bond donors (Lipinski definition) is 1. The predicted octanol–water partition coefficient (Wildman–Crippen LogP) is 2.43. The molecule has 0 aliphatic heterocycles. The van der Waals surface area contributed by atoms with E-state index in [1.54, 1.807) is 6.92 Å². The Bertz CT molecular complexity index is 152. The average molecular weight is 183 g/mol. The van der Waals surface area contributed by atoms with Crippen molar-refractivity contribution < 1.29 is 4.79 Å². The van der Waals surface area contributed by atoms with Crippen LogP contribution in [0.25, 0.3) is 0 Å². The minimum Gasteiger partial charge on any atom is -0.319 e. The summed E-state index contributed by atoms with van der Waals surface area (Å²) in [6.45, 7) is 5.45. The van der Waals surface area contributed by atoms with E-state index in [1.807, 2.05) is 6.08 Å². The van der Waals surface area contributed by atoms with Crippen molar-refractivity contribution in [2.75, 3.05) is 0 Å². The molecule has 0 saturated carbocycles. The molecule has 0 radical (unpaired) electrons. The van der Waals surface area contributed by atoms with Crippen LogP contribution >= 0.6 is 0 Å². The van der Waals surface area contributed by atoms with Crippen LogP contribution < -0.4 is 5.73 Å². The van der Waals surface area contributed by atoms with E-state index in [-0.39, 0.29) is 0 Å². The molecule has 1 atom stereocenters. The summed E-state index contributed by atoms with van der Waals surface area (Å²) in [6.07, 6.45) is 9.29. The van der Waals surface area contributed by atoms with E-state index in [4.69, 9.17) is 5.73 Å². The number of hydrogen-bond acceptors (Lipinski definition) is 2. The molecule has 0 fully saturated rings. The lowest BCUT2D eigenvalue weighted by molar-refractivity contribution is -0.112. The van der Waals surface area contributed by atoms with Crippen molar-refractivity contribution in [3.63, 3.8) is 0 Å². The molecule has 0 aliphatic rings. The van der Waals surface area contributed by atoms with Crippen LogP contribution in [0.2, 0.25) is 0 Å². The first-order chi connectivity index (χ1) is 6.12. The Morgan fingerprint density at radius 1 is 1.31 bits per heavy atom. The minimum atomic E-state index is -0.613. The van der Waals surface area contributed by atoms with Gasteiger partial charge in [-0.3, -0.25) is 0 Å². The Morgan fingerprint density at radius 2 is 1.92 bits per heavy atom. The van der Waals surface area contributed by atoms with Crippen molar-refractivity contribution in [1.82, 2.24) is 0 Å². The molecule has 0 rings (SSSR count). The zero-order valence-electron chi connectivity index (χ0n) is 8.59. The van der Waals surface area contributed by atoms with Crippen LogP contribution in [-0.2, 0) is 4.79 Å². The first-order valence-electron chi connectivity index (χ1n) is 4.98. The predicted molar refractivity (Wildman–Crippen MR) is 56.6 cm³/mol. The Balaban J connectivity index is 3.25. The first kappa shape index (κ1) is 12.4. The van der Waals surface area contributed by atoms with Gasteiger partial charge in [0.25, 0.3) is 0 Å². The number of carbonyl (C=O) groups excluding carboxylic acids is 1. The first-order valence-corrected chi connectivity index (χ1v) is 4.98. The standard InChI is InChI=1S/C11H21NO/c1-3-4-5-6-7-8-9-11(2,12)10-13/h3,10H,1,4-9,12H2,2H3/t11-/m1/s1. The quantitative estimate of drug-likeness (QED) is 0.357. The summed E-state index contributed by atoms with van der Waals surface area (Å²) in [7, 11) is 0. The number of nitrogens with two attached hydrogens (primary N) is 1. The zero-order chi connectivity index (χ0) is 10.2. The Morgan fingerprint density at radius 3 is 2.46 bits per heavy atom. The third-order valence-electron chi connectivity index (χ3n) is 2.14. The SMILES string of the molecule is C=CCCCCCC[C@@](C)(N)C=O. The molecule has 0 aliphatic carbocycles. The van der Waals surface area contributed by atoms with Crippen molar-refractivity contribution in [3.05, 3.63) is 12.7 Å². The largest absolute Gasteiger partial charge is 0.319 e. The summed E-state index contributed by atoms with van der Waals surface area (Å²) >= 11 is 0. The highest BCUT2D eigenvalue weighted by molar-refractivity contribution is 5.62. The number of aldehydes is 1. The van der Waals surface area contributed by atoms with E-state index in [1.165, 1.54) is 12.8 Å². The van der Waals surface area contributed by atoms with E-state index in [9.17, 15) is 4.79 Å². The third-order valence-corrected chi connectivity index (χ3v) is 2.14. The summed E-state index contributed by atoms with van der Waals surface area (Å²) in [5.74, 6) is 0. The molecule has 0 aromatic heterocycles. The monoisotopic (exact) mass is 183 g/mol. The van der Waals surface area contributed by atoms with Gasteiger partial charge in [-0.1, -0.05) is 25.3 Å². The fraction of sp³-hybridized carbons (Fsp3) is 0.727. The van der Waals surface area contributed by atoms with Gasteiger partial charge in [0.15, 0.2) is 0 Å². The second kappa shape index (κ2) is 6.84. The number of allylic oxidation sites excluding steroid dienone is 1. The molecular weight excluding hydrogens is 162 g/mol. The van der Waals surface area contributed by atoms with Crippen molar-refractivity contribution in [3.8, 4) is 0 Å². The fourth-order valence-corrected chi connectivity index (χ4v) is 1.21. The third kappa shape index (κ3) is 7.72. The Kier molecular flexibility index (Phi) is 6.51. The van der Waals surface area contributed by atoms with E-state index >= 15 is 0 Å². The number of rotatable bonds is 8. The molecular formula is C11H21NO. The van der Waals surface area contributed by atoms with Gasteiger partial charge in [-0.2, -0.15) is 0 Å². The Hall–Kier alpha value is -0.630. The van der Waals surface area contributed by atoms with Crippen molar-refractivity contribution in [2.24, 2.45) is 5.73 Å². The summed E-state index contributed by atoms with van der Waals surface area (Å²) in [5.41, 5.74) is 5.06. The highest BCUT2D eigenvalue weighted by Crippen LogP contribution is 2.11. The molecule has 0 amide bonds. The molecule has 2 heteroatoms.